The van der Waals surface area contributed by atoms with Crippen molar-refractivity contribution in [3.63, 3.8) is 0 Å². The van der Waals surface area contributed by atoms with Gasteiger partial charge in [-0.25, -0.2) is 4.79 Å². The molecule has 0 aromatic rings. The van der Waals surface area contributed by atoms with E-state index in [1.807, 2.05) is 4.90 Å². The van der Waals surface area contributed by atoms with Gasteiger partial charge in [0.25, 0.3) is 0 Å². The molecule has 118 valence electrons. The third-order valence-electron chi connectivity index (χ3n) is 3.70. The smallest absolute Gasteiger partial charge is 0.317 e. The molecule has 0 saturated carbocycles. The number of carbonyl (C=O) groups excluding carboxylic acids is 1. The lowest BCUT2D eigenvalue weighted by Crippen LogP contribution is -2.51. The van der Waals surface area contributed by atoms with Gasteiger partial charge < -0.3 is 15.3 Å². The zero-order valence-corrected chi connectivity index (χ0v) is 13.6. The maximum Gasteiger partial charge on any atom is 0.317 e. The van der Waals surface area contributed by atoms with E-state index in [-0.39, 0.29) is 18.1 Å². The molecular weight excluding hydrogens is 256 g/mol. The topological polar surface area (TPSA) is 69.6 Å². The molecule has 2 atom stereocenters. The van der Waals surface area contributed by atoms with E-state index in [4.69, 9.17) is 5.11 Å². The van der Waals surface area contributed by atoms with Crippen LogP contribution in [0.1, 0.15) is 54.4 Å². The minimum Gasteiger partial charge on any atom is -0.481 e. The molecule has 2 N–H and O–H groups in total. The number of carboxylic acids is 1. The Morgan fingerprint density at radius 3 is 1.95 bits per heavy atom. The van der Waals surface area contributed by atoms with Crippen LogP contribution in [0.3, 0.4) is 0 Å². The molecule has 0 spiro atoms. The van der Waals surface area contributed by atoms with Crippen molar-refractivity contribution in [1.29, 1.82) is 0 Å². The van der Waals surface area contributed by atoms with Crippen LogP contribution in [-0.4, -0.2) is 40.6 Å². The lowest BCUT2D eigenvalue weighted by Gasteiger charge is -2.33. The third kappa shape index (κ3) is 5.80. The summed E-state index contributed by atoms with van der Waals surface area (Å²) in [4.78, 5) is 25.2. The quantitative estimate of drug-likeness (QED) is 0.720. The molecule has 0 bridgehead atoms. The van der Waals surface area contributed by atoms with Crippen LogP contribution in [-0.2, 0) is 4.79 Å². The molecule has 0 aliphatic rings. The van der Waals surface area contributed by atoms with Crippen LogP contribution in [0.2, 0.25) is 0 Å². The summed E-state index contributed by atoms with van der Waals surface area (Å²) in [5, 5.41) is 11.8. The average Bonchev–Trinajstić information content (AvgIpc) is 2.37. The van der Waals surface area contributed by atoms with Crippen LogP contribution in [0.25, 0.3) is 0 Å². The summed E-state index contributed by atoms with van der Waals surface area (Å²) in [5.41, 5.74) is 0. The minimum absolute atomic E-state index is 0.159. The van der Waals surface area contributed by atoms with E-state index in [9.17, 15) is 9.59 Å². The number of carboxylic acid groups (broad SMARTS) is 1. The standard InChI is InChI=1S/C15H30N2O3/c1-7-13(8-2)17(9-10(3)4)15(20)16-12(6)11(5)14(18)19/h10-13H,7-9H2,1-6H3,(H,16,20)(H,18,19). The maximum atomic E-state index is 12.4. The second kappa shape index (κ2) is 8.82. The summed E-state index contributed by atoms with van der Waals surface area (Å²) in [7, 11) is 0. The summed E-state index contributed by atoms with van der Waals surface area (Å²) in [6, 6.07) is -0.346. The molecule has 0 heterocycles. The van der Waals surface area contributed by atoms with Crippen LogP contribution in [0, 0.1) is 11.8 Å². The van der Waals surface area contributed by atoms with Gasteiger partial charge in [0.2, 0.25) is 0 Å². The van der Waals surface area contributed by atoms with Crippen molar-refractivity contribution in [2.24, 2.45) is 11.8 Å². The van der Waals surface area contributed by atoms with Gasteiger partial charge in [0.1, 0.15) is 0 Å². The number of urea groups is 1. The molecule has 5 heteroatoms. The van der Waals surface area contributed by atoms with Gasteiger partial charge in [0.05, 0.1) is 5.92 Å². The van der Waals surface area contributed by atoms with Crippen molar-refractivity contribution < 1.29 is 14.7 Å². The highest BCUT2D eigenvalue weighted by Crippen LogP contribution is 2.13. The fourth-order valence-electron chi connectivity index (χ4n) is 2.14. The van der Waals surface area contributed by atoms with Gasteiger partial charge >= 0.3 is 12.0 Å². The van der Waals surface area contributed by atoms with Crippen molar-refractivity contribution in [3.8, 4) is 0 Å². The Labute approximate surface area is 122 Å². The Hall–Kier alpha value is -1.26. The van der Waals surface area contributed by atoms with Crippen LogP contribution in [0.15, 0.2) is 0 Å². The molecule has 0 rings (SSSR count). The number of rotatable bonds is 8. The maximum absolute atomic E-state index is 12.4. The van der Waals surface area contributed by atoms with Gasteiger partial charge in [-0.3, -0.25) is 4.79 Å². The molecule has 20 heavy (non-hydrogen) atoms. The van der Waals surface area contributed by atoms with Gasteiger partial charge in [0.15, 0.2) is 0 Å². The van der Waals surface area contributed by atoms with Gasteiger partial charge in [-0.2, -0.15) is 0 Å². The molecule has 5 nitrogen and oxygen atoms in total. The first kappa shape index (κ1) is 18.7. The molecule has 0 aromatic heterocycles. The highest BCUT2D eigenvalue weighted by Gasteiger charge is 2.26. The summed E-state index contributed by atoms with van der Waals surface area (Å²) in [5.74, 6) is -1.11. The fraction of sp³-hybridized carbons (Fsp3) is 0.867. The van der Waals surface area contributed by atoms with Gasteiger partial charge in [-0.15, -0.1) is 0 Å². The lowest BCUT2D eigenvalue weighted by atomic mass is 10.0. The molecule has 0 aliphatic heterocycles. The van der Waals surface area contributed by atoms with Crippen molar-refractivity contribution in [2.75, 3.05) is 6.54 Å². The first-order valence-corrected chi connectivity index (χ1v) is 7.54. The largest absolute Gasteiger partial charge is 0.481 e. The summed E-state index contributed by atoms with van der Waals surface area (Å²) >= 11 is 0. The first-order chi connectivity index (χ1) is 9.24. The Kier molecular flexibility index (Phi) is 8.26. The molecule has 0 aliphatic carbocycles. The first-order valence-electron chi connectivity index (χ1n) is 7.54. The van der Waals surface area contributed by atoms with Crippen molar-refractivity contribution >= 4 is 12.0 Å². The predicted octanol–water partition coefficient (Wildman–Crippen LogP) is 2.95. The predicted molar refractivity (Wildman–Crippen MR) is 80.7 cm³/mol. The van der Waals surface area contributed by atoms with Crippen molar-refractivity contribution in [2.45, 2.75) is 66.5 Å². The summed E-state index contributed by atoms with van der Waals surface area (Å²) in [6.07, 6.45) is 1.80. The second-order valence-electron chi connectivity index (χ2n) is 5.88. The Morgan fingerprint density at radius 2 is 1.60 bits per heavy atom. The second-order valence-corrected chi connectivity index (χ2v) is 5.88. The zero-order chi connectivity index (χ0) is 15.9. The molecule has 0 aromatic carbocycles. The number of nitrogens with zero attached hydrogens (tertiary/aromatic N) is 1. The molecular formula is C15H30N2O3. The van der Waals surface area contributed by atoms with Crippen molar-refractivity contribution in [3.05, 3.63) is 0 Å². The average molecular weight is 286 g/mol. The molecule has 0 saturated heterocycles. The van der Waals surface area contributed by atoms with Gasteiger partial charge in [0, 0.05) is 18.6 Å². The molecule has 0 radical (unpaired) electrons. The minimum atomic E-state index is -0.893. The SMILES string of the molecule is CCC(CC)N(CC(C)C)C(=O)NC(C)C(C)C(=O)O. The highest BCUT2D eigenvalue weighted by atomic mass is 16.4. The molecule has 2 unspecified atom stereocenters. The molecule has 0 fully saturated rings. The summed E-state index contributed by atoms with van der Waals surface area (Å²) in [6.45, 7) is 12.3. The van der Waals surface area contributed by atoms with Crippen LogP contribution in [0.5, 0.6) is 0 Å². The summed E-state index contributed by atoms with van der Waals surface area (Å²) < 4.78 is 0. The van der Waals surface area contributed by atoms with E-state index in [1.165, 1.54) is 0 Å². The van der Waals surface area contributed by atoms with E-state index < -0.39 is 11.9 Å². The third-order valence-corrected chi connectivity index (χ3v) is 3.70. The van der Waals surface area contributed by atoms with E-state index in [1.54, 1.807) is 13.8 Å². The van der Waals surface area contributed by atoms with Crippen LogP contribution < -0.4 is 5.32 Å². The zero-order valence-electron chi connectivity index (χ0n) is 13.6. The normalized spacial score (nSPS) is 14.2. The monoisotopic (exact) mass is 286 g/mol. The van der Waals surface area contributed by atoms with Crippen LogP contribution >= 0.6 is 0 Å². The number of nitrogens with one attached hydrogen (secondary N) is 1. The van der Waals surface area contributed by atoms with E-state index in [0.29, 0.717) is 12.5 Å². The Morgan fingerprint density at radius 1 is 1.10 bits per heavy atom. The lowest BCUT2D eigenvalue weighted by molar-refractivity contribution is -0.141. The van der Waals surface area contributed by atoms with Crippen molar-refractivity contribution in [1.82, 2.24) is 10.2 Å². The fourth-order valence-corrected chi connectivity index (χ4v) is 2.14. The number of aliphatic carboxylic acids is 1. The van der Waals surface area contributed by atoms with Gasteiger partial charge in [-0.1, -0.05) is 27.7 Å². The number of carbonyl (C=O) groups is 2. The van der Waals surface area contributed by atoms with E-state index in [0.717, 1.165) is 12.8 Å². The van der Waals surface area contributed by atoms with E-state index in [2.05, 4.69) is 33.0 Å². The van der Waals surface area contributed by atoms with E-state index >= 15 is 0 Å². The number of amides is 2. The molecule has 2 amide bonds. The van der Waals surface area contributed by atoms with Gasteiger partial charge in [-0.05, 0) is 32.6 Å². The highest BCUT2D eigenvalue weighted by molar-refractivity contribution is 5.77. The Balaban J connectivity index is 4.82. The number of hydrogen-bond donors (Lipinski definition) is 2. The number of hydrogen-bond acceptors (Lipinski definition) is 2. The van der Waals surface area contributed by atoms with Crippen LogP contribution in [0.4, 0.5) is 4.79 Å². The Bertz CT molecular complexity index is 314.